The largest absolute Gasteiger partial charge is 0.360 e. The summed E-state index contributed by atoms with van der Waals surface area (Å²) in [5, 5.41) is 15.0. The number of anilines is 2. The summed E-state index contributed by atoms with van der Waals surface area (Å²) in [6.07, 6.45) is 0. The van der Waals surface area contributed by atoms with Gasteiger partial charge in [0.15, 0.2) is 4.34 Å². The summed E-state index contributed by atoms with van der Waals surface area (Å²) < 4.78 is 1.66. The summed E-state index contributed by atoms with van der Waals surface area (Å²) >= 11 is 6.36. The van der Waals surface area contributed by atoms with Crippen molar-refractivity contribution >= 4 is 55.8 Å². The van der Waals surface area contributed by atoms with Gasteiger partial charge in [-0.25, -0.2) is 0 Å². The van der Waals surface area contributed by atoms with Gasteiger partial charge in [-0.1, -0.05) is 43.0 Å². The number of halogens is 1. The number of aromatic nitrogens is 2. The van der Waals surface area contributed by atoms with E-state index >= 15 is 0 Å². The first-order valence-corrected chi connectivity index (χ1v) is 10.1. The van der Waals surface area contributed by atoms with Crippen molar-refractivity contribution in [2.75, 3.05) is 17.2 Å². The number of nitrogens with zero attached hydrogens (tertiary/aromatic N) is 2. The second kappa shape index (κ2) is 8.82. The summed E-state index contributed by atoms with van der Waals surface area (Å²) in [6.45, 7) is 9.01. The molecule has 0 aliphatic heterocycles. The molecule has 130 valence electrons. The Morgan fingerprint density at radius 3 is 2.75 bits per heavy atom. The van der Waals surface area contributed by atoms with Crippen LogP contribution in [0.15, 0.2) is 27.0 Å². The van der Waals surface area contributed by atoms with Crippen molar-refractivity contribution in [3.8, 4) is 0 Å². The zero-order chi connectivity index (χ0) is 17.7. The Morgan fingerprint density at radius 1 is 1.33 bits per heavy atom. The lowest BCUT2D eigenvalue weighted by atomic mass is 10.2. The van der Waals surface area contributed by atoms with Gasteiger partial charge in [-0.15, -0.1) is 10.2 Å². The molecular weight excluding hydrogens is 408 g/mol. The lowest BCUT2D eigenvalue weighted by Crippen LogP contribution is -2.22. The first-order chi connectivity index (χ1) is 11.3. The van der Waals surface area contributed by atoms with E-state index in [0.29, 0.717) is 5.92 Å². The minimum atomic E-state index is -0.260. The Kier molecular flexibility index (Phi) is 7.06. The van der Waals surface area contributed by atoms with Crippen molar-refractivity contribution in [3.63, 3.8) is 0 Å². The van der Waals surface area contributed by atoms with Crippen LogP contribution in [-0.4, -0.2) is 27.9 Å². The topological polar surface area (TPSA) is 66.9 Å². The van der Waals surface area contributed by atoms with Gasteiger partial charge in [0.05, 0.1) is 10.9 Å². The quantitative estimate of drug-likeness (QED) is 0.619. The molecule has 0 saturated heterocycles. The molecule has 0 aliphatic carbocycles. The number of thioether (sulfide) groups is 1. The highest BCUT2D eigenvalue weighted by molar-refractivity contribution is 9.10. The number of nitrogens with one attached hydrogen (secondary N) is 2. The molecule has 2 rings (SSSR count). The van der Waals surface area contributed by atoms with Crippen molar-refractivity contribution in [3.05, 3.63) is 28.2 Å². The van der Waals surface area contributed by atoms with Crippen LogP contribution in [0, 0.1) is 12.8 Å². The van der Waals surface area contributed by atoms with Crippen LogP contribution in [0.2, 0.25) is 0 Å². The van der Waals surface area contributed by atoms with Crippen LogP contribution in [0.1, 0.15) is 26.3 Å². The zero-order valence-electron chi connectivity index (χ0n) is 14.1. The number of benzene rings is 1. The van der Waals surface area contributed by atoms with Gasteiger partial charge in [0, 0.05) is 11.0 Å². The van der Waals surface area contributed by atoms with Crippen LogP contribution in [0.3, 0.4) is 0 Å². The van der Waals surface area contributed by atoms with Gasteiger partial charge >= 0.3 is 0 Å². The van der Waals surface area contributed by atoms with Crippen LogP contribution in [-0.2, 0) is 4.79 Å². The second-order valence-electron chi connectivity index (χ2n) is 5.88. The first-order valence-electron chi connectivity index (χ1n) is 7.66. The molecular formula is C16H21BrN4OS2. The molecule has 0 spiro atoms. The second-order valence-corrected chi connectivity index (χ2v) is 9.30. The number of hydrogen-bond acceptors (Lipinski definition) is 6. The van der Waals surface area contributed by atoms with Crippen molar-refractivity contribution in [2.45, 2.75) is 37.3 Å². The van der Waals surface area contributed by atoms with Crippen molar-refractivity contribution in [1.82, 2.24) is 10.2 Å². The maximum absolute atomic E-state index is 12.4. The molecule has 0 aliphatic rings. The molecule has 5 nitrogen and oxygen atoms in total. The van der Waals surface area contributed by atoms with Gasteiger partial charge in [-0.2, -0.15) is 0 Å². The molecule has 1 unspecified atom stereocenters. The van der Waals surface area contributed by atoms with Crippen LogP contribution in [0.5, 0.6) is 0 Å². The molecule has 1 aromatic carbocycles. The molecule has 24 heavy (non-hydrogen) atoms. The molecule has 0 radical (unpaired) electrons. The van der Waals surface area contributed by atoms with Gasteiger partial charge in [0.25, 0.3) is 0 Å². The third-order valence-electron chi connectivity index (χ3n) is 3.10. The third-order valence-corrected chi connectivity index (χ3v) is 5.82. The van der Waals surface area contributed by atoms with E-state index in [1.807, 2.05) is 32.0 Å². The normalized spacial score (nSPS) is 12.2. The van der Waals surface area contributed by atoms with E-state index in [2.05, 4.69) is 50.6 Å². The standard InChI is InChI=1S/C16H21BrN4OS2/c1-9(2)8-18-15-20-21-16(24-15)23-11(4)14(22)19-13-6-5-10(3)7-12(13)17/h5-7,9,11H,8H2,1-4H3,(H,18,20)(H,19,22). The smallest absolute Gasteiger partial charge is 0.237 e. The zero-order valence-corrected chi connectivity index (χ0v) is 17.3. The number of carbonyl (C=O) groups is 1. The summed E-state index contributed by atoms with van der Waals surface area (Å²) in [5.41, 5.74) is 1.91. The van der Waals surface area contributed by atoms with Gasteiger partial charge in [-0.3, -0.25) is 4.79 Å². The molecule has 1 aromatic heterocycles. The maximum Gasteiger partial charge on any atom is 0.237 e. The first kappa shape index (κ1) is 19.2. The Bertz CT molecular complexity index is 705. The molecule has 0 bridgehead atoms. The maximum atomic E-state index is 12.4. The number of hydrogen-bond donors (Lipinski definition) is 2. The minimum absolute atomic E-state index is 0.0588. The lowest BCUT2D eigenvalue weighted by molar-refractivity contribution is -0.115. The third kappa shape index (κ3) is 5.75. The fourth-order valence-electron chi connectivity index (χ4n) is 1.78. The highest BCUT2D eigenvalue weighted by Gasteiger charge is 2.18. The fourth-order valence-corrected chi connectivity index (χ4v) is 4.28. The van der Waals surface area contributed by atoms with Crippen molar-refractivity contribution in [1.29, 1.82) is 0 Å². The van der Waals surface area contributed by atoms with Crippen LogP contribution in [0.4, 0.5) is 10.8 Å². The minimum Gasteiger partial charge on any atom is -0.360 e. The molecule has 0 saturated carbocycles. The molecule has 1 atom stereocenters. The summed E-state index contributed by atoms with van der Waals surface area (Å²) in [7, 11) is 0. The van der Waals surface area contributed by atoms with Crippen LogP contribution >= 0.6 is 39.0 Å². The molecule has 8 heteroatoms. The van der Waals surface area contributed by atoms with Gasteiger partial charge < -0.3 is 10.6 Å². The number of carbonyl (C=O) groups excluding carboxylic acids is 1. The van der Waals surface area contributed by atoms with E-state index in [4.69, 9.17) is 0 Å². The summed E-state index contributed by atoms with van der Waals surface area (Å²) in [4.78, 5) is 12.4. The molecule has 2 N–H and O–H groups in total. The Morgan fingerprint density at radius 2 is 2.08 bits per heavy atom. The van der Waals surface area contributed by atoms with E-state index in [1.54, 1.807) is 0 Å². The Labute approximate surface area is 159 Å². The van der Waals surface area contributed by atoms with E-state index in [9.17, 15) is 4.79 Å². The number of amides is 1. The lowest BCUT2D eigenvalue weighted by Gasteiger charge is -2.12. The number of aryl methyl sites for hydroxylation is 1. The van der Waals surface area contributed by atoms with Gasteiger partial charge in [0.1, 0.15) is 0 Å². The van der Waals surface area contributed by atoms with E-state index in [0.717, 1.165) is 31.7 Å². The predicted octanol–water partition coefficient (Wildman–Crippen LogP) is 4.80. The monoisotopic (exact) mass is 428 g/mol. The predicted molar refractivity (Wildman–Crippen MR) is 106 cm³/mol. The SMILES string of the molecule is Cc1ccc(NC(=O)C(C)Sc2nnc(NCC(C)C)s2)c(Br)c1. The van der Waals surface area contributed by atoms with Crippen LogP contribution < -0.4 is 10.6 Å². The average Bonchev–Trinajstić information content (AvgIpc) is 2.95. The van der Waals surface area contributed by atoms with Crippen LogP contribution in [0.25, 0.3) is 0 Å². The fraction of sp³-hybridized carbons (Fsp3) is 0.438. The van der Waals surface area contributed by atoms with Crippen molar-refractivity contribution in [2.24, 2.45) is 5.92 Å². The molecule has 1 amide bonds. The average molecular weight is 429 g/mol. The molecule has 2 aromatic rings. The molecule has 0 fully saturated rings. The highest BCUT2D eigenvalue weighted by Crippen LogP contribution is 2.30. The highest BCUT2D eigenvalue weighted by atomic mass is 79.9. The van der Waals surface area contributed by atoms with Gasteiger partial charge in [0.2, 0.25) is 11.0 Å². The van der Waals surface area contributed by atoms with Gasteiger partial charge in [-0.05, 0) is 53.4 Å². The van der Waals surface area contributed by atoms with E-state index in [-0.39, 0.29) is 11.2 Å². The summed E-state index contributed by atoms with van der Waals surface area (Å²) in [5.74, 6) is 0.485. The number of rotatable bonds is 7. The van der Waals surface area contributed by atoms with Crippen molar-refractivity contribution < 1.29 is 4.79 Å². The Balaban J connectivity index is 1.91. The van der Waals surface area contributed by atoms with E-state index < -0.39 is 0 Å². The Hall–Kier alpha value is -1.12. The van der Waals surface area contributed by atoms with E-state index in [1.165, 1.54) is 23.1 Å². The summed E-state index contributed by atoms with van der Waals surface area (Å²) in [6, 6.07) is 5.84. The molecule has 1 heterocycles.